The van der Waals surface area contributed by atoms with Crippen LogP contribution in [0.3, 0.4) is 0 Å². The number of nitrogens with zero attached hydrogens (tertiary/aromatic N) is 3. The summed E-state index contributed by atoms with van der Waals surface area (Å²) in [6, 6.07) is 5.67. The van der Waals surface area contributed by atoms with E-state index in [1.165, 1.54) is 5.57 Å². The highest BCUT2D eigenvalue weighted by molar-refractivity contribution is 5.76. The topological polar surface area (TPSA) is 49.6 Å². The number of hydrogen-bond acceptors (Lipinski definition) is 4. The molecular formula is C23H26N4O. The zero-order valence-electron chi connectivity index (χ0n) is 16.5. The predicted molar refractivity (Wildman–Crippen MR) is 114 cm³/mol. The fourth-order valence-electron chi connectivity index (χ4n) is 3.74. The van der Waals surface area contributed by atoms with E-state index in [2.05, 4.69) is 25.7 Å². The molecule has 4 rings (SSSR count). The van der Waals surface area contributed by atoms with Gasteiger partial charge in [0.2, 0.25) is 0 Å². The summed E-state index contributed by atoms with van der Waals surface area (Å²) in [4.78, 5) is 19.6. The zero-order chi connectivity index (χ0) is 19.7. The number of rotatable bonds is 3. The number of allylic oxidation sites excluding steroid dienone is 4. The van der Waals surface area contributed by atoms with Crippen LogP contribution in [0, 0.1) is 0 Å². The van der Waals surface area contributed by atoms with Crippen molar-refractivity contribution >= 4 is 11.2 Å². The van der Waals surface area contributed by atoms with Gasteiger partial charge in [-0.3, -0.25) is 9.20 Å². The Kier molecular flexibility index (Phi) is 5.01. The average Bonchev–Trinajstić information content (AvgIpc) is 2.70. The van der Waals surface area contributed by atoms with Gasteiger partial charge < -0.3 is 10.2 Å². The molecule has 0 aromatic carbocycles. The molecule has 2 aromatic rings. The van der Waals surface area contributed by atoms with Gasteiger partial charge in [-0.1, -0.05) is 18.2 Å². The lowest BCUT2D eigenvalue weighted by Gasteiger charge is -2.23. The van der Waals surface area contributed by atoms with Crippen molar-refractivity contribution in [3.05, 3.63) is 88.4 Å². The molecule has 1 fully saturated rings. The molecule has 1 saturated heterocycles. The summed E-state index contributed by atoms with van der Waals surface area (Å²) in [5.41, 5.74) is 5.71. The molecule has 5 nitrogen and oxygen atoms in total. The maximum absolute atomic E-state index is 12.8. The molecule has 2 aromatic heterocycles. The van der Waals surface area contributed by atoms with E-state index in [0.717, 1.165) is 48.5 Å². The number of piperidine rings is 1. The van der Waals surface area contributed by atoms with E-state index in [4.69, 9.17) is 4.98 Å². The van der Waals surface area contributed by atoms with Crippen molar-refractivity contribution in [2.75, 3.05) is 13.1 Å². The molecule has 5 heteroatoms. The Morgan fingerprint density at radius 1 is 1.25 bits per heavy atom. The normalized spacial score (nSPS) is 17.7. The van der Waals surface area contributed by atoms with Gasteiger partial charge in [0.1, 0.15) is 5.65 Å². The highest BCUT2D eigenvalue weighted by Gasteiger charge is 2.18. The fourth-order valence-corrected chi connectivity index (χ4v) is 3.74. The van der Waals surface area contributed by atoms with Crippen LogP contribution in [0.25, 0.3) is 11.2 Å². The third-order valence-corrected chi connectivity index (χ3v) is 5.23. The molecule has 0 unspecified atom stereocenters. The van der Waals surface area contributed by atoms with Crippen LogP contribution in [0.1, 0.15) is 43.9 Å². The van der Waals surface area contributed by atoms with Gasteiger partial charge in [0.05, 0.1) is 5.69 Å². The second-order valence-electron chi connectivity index (χ2n) is 7.71. The Hall–Kier alpha value is -2.92. The lowest BCUT2D eigenvalue weighted by atomic mass is 9.94. The maximum atomic E-state index is 12.8. The van der Waals surface area contributed by atoms with Gasteiger partial charge in [0, 0.05) is 41.8 Å². The van der Waals surface area contributed by atoms with E-state index in [1.807, 2.05) is 47.8 Å². The third kappa shape index (κ3) is 3.71. The van der Waals surface area contributed by atoms with Gasteiger partial charge in [0.15, 0.2) is 0 Å². The van der Waals surface area contributed by atoms with Crippen LogP contribution in [0.2, 0.25) is 0 Å². The van der Waals surface area contributed by atoms with Gasteiger partial charge in [-0.25, -0.2) is 4.98 Å². The van der Waals surface area contributed by atoms with Crippen molar-refractivity contribution in [2.45, 2.75) is 32.6 Å². The Labute approximate surface area is 165 Å². The van der Waals surface area contributed by atoms with Gasteiger partial charge in [-0.2, -0.15) is 0 Å². The minimum absolute atomic E-state index is 0.0219. The number of pyridine rings is 1. The summed E-state index contributed by atoms with van der Waals surface area (Å²) in [6.45, 7) is 10.2. The first-order valence-electron chi connectivity index (χ1n) is 9.78. The lowest BCUT2D eigenvalue weighted by Crippen LogP contribution is -2.28. The van der Waals surface area contributed by atoms with Crippen molar-refractivity contribution in [1.29, 1.82) is 0 Å². The number of aromatic nitrogens is 2. The minimum Gasteiger partial charge on any atom is -0.324 e. The molecule has 0 atom stereocenters. The molecule has 0 bridgehead atoms. The molecular weight excluding hydrogens is 348 g/mol. The molecule has 144 valence electrons. The SMILES string of the molecule is C=C1C=CC(c2ccc3nc(C4CCNCC4)cc(=O)n3c2)=CN1C=C(C)C. The van der Waals surface area contributed by atoms with Crippen LogP contribution in [0.5, 0.6) is 0 Å². The van der Waals surface area contributed by atoms with E-state index in [9.17, 15) is 4.79 Å². The highest BCUT2D eigenvalue weighted by Crippen LogP contribution is 2.26. The van der Waals surface area contributed by atoms with Crippen LogP contribution in [-0.4, -0.2) is 27.4 Å². The summed E-state index contributed by atoms with van der Waals surface area (Å²) in [5, 5.41) is 3.36. The van der Waals surface area contributed by atoms with Crippen molar-refractivity contribution < 1.29 is 0 Å². The Bertz CT molecular complexity index is 1060. The summed E-state index contributed by atoms with van der Waals surface area (Å²) >= 11 is 0. The molecule has 2 aliphatic heterocycles. The molecule has 28 heavy (non-hydrogen) atoms. The first kappa shape index (κ1) is 18.4. The fraction of sp³-hybridized carbons (Fsp3) is 0.304. The van der Waals surface area contributed by atoms with Crippen LogP contribution >= 0.6 is 0 Å². The first-order valence-corrected chi connectivity index (χ1v) is 9.78. The number of nitrogens with one attached hydrogen (secondary N) is 1. The summed E-state index contributed by atoms with van der Waals surface area (Å²) in [5.74, 6) is 0.367. The lowest BCUT2D eigenvalue weighted by molar-refractivity contribution is 0.453. The standard InChI is InChI=1S/C23H26N4O/c1-16(2)13-26-14-19(5-4-17(26)3)20-6-7-22-25-21(12-23(28)27(22)15-20)18-8-10-24-11-9-18/h4-7,12-15,18,24H,3,8-11H2,1-2H3. The Balaban J connectivity index is 1.71. The molecule has 0 saturated carbocycles. The predicted octanol–water partition coefficient (Wildman–Crippen LogP) is 3.81. The van der Waals surface area contributed by atoms with Crippen molar-refractivity contribution in [2.24, 2.45) is 0 Å². The average molecular weight is 374 g/mol. The van der Waals surface area contributed by atoms with Crippen LogP contribution in [0.4, 0.5) is 0 Å². The van der Waals surface area contributed by atoms with Gasteiger partial charge >= 0.3 is 0 Å². The van der Waals surface area contributed by atoms with Gasteiger partial charge in [0.25, 0.3) is 5.56 Å². The molecule has 0 aliphatic carbocycles. The second kappa shape index (κ2) is 7.60. The van der Waals surface area contributed by atoms with E-state index in [0.29, 0.717) is 11.6 Å². The minimum atomic E-state index is -0.0219. The van der Waals surface area contributed by atoms with Crippen molar-refractivity contribution in [1.82, 2.24) is 19.6 Å². The summed E-state index contributed by atoms with van der Waals surface area (Å²) in [6.07, 6.45) is 12.0. The van der Waals surface area contributed by atoms with Crippen molar-refractivity contribution in [3.8, 4) is 0 Å². The number of hydrogen-bond donors (Lipinski definition) is 1. The van der Waals surface area contributed by atoms with E-state index < -0.39 is 0 Å². The van der Waals surface area contributed by atoms with Gasteiger partial charge in [-0.05, 0) is 63.6 Å². The Morgan fingerprint density at radius 2 is 2.04 bits per heavy atom. The number of fused-ring (bicyclic) bond motifs is 1. The monoisotopic (exact) mass is 374 g/mol. The van der Waals surface area contributed by atoms with E-state index in [1.54, 1.807) is 10.5 Å². The molecule has 0 amide bonds. The maximum Gasteiger partial charge on any atom is 0.258 e. The third-order valence-electron chi connectivity index (χ3n) is 5.23. The first-order chi connectivity index (χ1) is 13.5. The van der Waals surface area contributed by atoms with Crippen LogP contribution in [0.15, 0.2) is 71.6 Å². The highest BCUT2D eigenvalue weighted by atomic mass is 16.1. The summed E-state index contributed by atoms with van der Waals surface area (Å²) < 4.78 is 1.64. The van der Waals surface area contributed by atoms with Crippen LogP contribution < -0.4 is 10.9 Å². The van der Waals surface area contributed by atoms with Crippen molar-refractivity contribution in [3.63, 3.8) is 0 Å². The Morgan fingerprint density at radius 3 is 2.79 bits per heavy atom. The molecule has 4 heterocycles. The van der Waals surface area contributed by atoms with Crippen LogP contribution in [-0.2, 0) is 0 Å². The smallest absolute Gasteiger partial charge is 0.258 e. The molecule has 1 N–H and O–H groups in total. The largest absolute Gasteiger partial charge is 0.324 e. The summed E-state index contributed by atoms with van der Waals surface area (Å²) in [7, 11) is 0. The van der Waals surface area contributed by atoms with E-state index >= 15 is 0 Å². The van der Waals surface area contributed by atoms with Gasteiger partial charge in [-0.15, -0.1) is 0 Å². The van der Waals surface area contributed by atoms with E-state index in [-0.39, 0.29) is 5.56 Å². The zero-order valence-corrected chi connectivity index (χ0v) is 16.5. The second-order valence-corrected chi connectivity index (χ2v) is 7.71. The molecule has 0 spiro atoms. The molecule has 2 aliphatic rings. The molecule has 0 radical (unpaired) electrons. The quantitative estimate of drug-likeness (QED) is 0.888.